The van der Waals surface area contributed by atoms with Crippen molar-refractivity contribution in [2.45, 2.75) is 26.3 Å². The Bertz CT molecular complexity index is 458. The second kappa shape index (κ2) is 7.89. The molecule has 1 atom stereocenters. The van der Waals surface area contributed by atoms with Gasteiger partial charge in [-0.1, -0.05) is 15.9 Å². The predicted molar refractivity (Wildman–Crippen MR) is 83.3 cm³/mol. The van der Waals surface area contributed by atoms with Gasteiger partial charge in [0.25, 0.3) is 0 Å². The molecule has 0 aliphatic rings. The number of nitrogens with two attached hydrogens (primary N) is 1. The number of benzene rings is 1. The van der Waals surface area contributed by atoms with E-state index in [-0.39, 0.29) is 12.3 Å². The van der Waals surface area contributed by atoms with E-state index in [2.05, 4.69) is 21.2 Å². The summed E-state index contributed by atoms with van der Waals surface area (Å²) >= 11 is 3.34. The van der Waals surface area contributed by atoms with Gasteiger partial charge in [-0.2, -0.15) is 0 Å². The monoisotopic (exact) mass is 341 g/mol. The summed E-state index contributed by atoms with van der Waals surface area (Å²) in [6.45, 7) is 5.06. The smallest absolute Gasteiger partial charge is 0.240 e. The highest BCUT2D eigenvalue weighted by atomic mass is 79.9. The number of primary amides is 1. The highest BCUT2D eigenvalue weighted by Gasteiger charge is 2.21. The average Bonchev–Trinajstić information content (AvgIpc) is 2.41. The molecule has 0 aromatic heterocycles. The number of anilines is 1. The Morgan fingerprint density at radius 1 is 1.25 bits per heavy atom. The number of hydrogen-bond donors (Lipinski definition) is 2. The number of carbonyl (C=O) groups excluding carboxylic acids is 2. The normalized spacial score (nSPS) is 11.8. The van der Waals surface area contributed by atoms with Crippen molar-refractivity contribution >= 4 is 33.4 Å². The van der Waals surface area contributed by atoms with Gasteiger partial charge in [0.15, 0.2) is 0 Å². The van der Waals surface area contributed by atoms with Crippen LogP contribution in [0.2, 0.25) is 0 Å². The molecule has 20 heavy (non-hydrogen) atoms. The average molecular weight is 342 g/mol. The fourth-order valence-electron chi connectivity index (χ4n) is 1.85. The molecule has 1 aromatic rings. The second-order valence-electron chi connectivity index (χ2n) is 4.38. The predicted octanol–water partition coefficient (Wildman–Crippen LogP) is 1.97. The standard InChI is InChI=1S/C14H20BrN3O2/c1-3-18(4-2)13(19)9-12(14(16)20)17-11-7-5-10(15)6-8-11/h5-8,12,17H,3-4,9H2,1-2H3,(H2,16,20). The summed E-state index contributed by atoms with van der Waals surface area (Å²) in [6, 6.07) is 6.65. The first-order valence-corrected chi connectivity index (χ1v) is 7.36. The van der Waals surface area contributed by atoms with E-state index >= 15 is 0 Å². The zero-order chi connectivity index (χ0) is 15.1. The van der Waals surface area contributed by atoms with Crippen molar-refractivity contribution in [2.75, 3.05) is 18.4 Å². The highest BCUT2D eigenvalue weighted by Crippen LogP contribution is 2.16. The van der Waals surface area contributed by atoms with Crippen LogP contribution >= 0.6 is 15.9 Å². The van der Waals surface area contributed by atoms with E-state index in [9.17, 15) is 9.59 Å². The number of carbonyl (C=O) groups is 2. The first-order valence-electron chi connectivity index (χ1n) is 6.57. The van der Waals surface area contributed by atoms with Gasteiger partial charge in [-0.05, 0) is 38.1 Å². The largest absolute Gasteiger partial charge is 0.373 e. The maximum atomic E-state index is 12.0. The lowest BCUT2D eigenvalue weighted by atomic mass is 10.1. The maximum absolute atomic E-state index is 12.0. The minimum absolute atomic E-state index is 0.0626. The Hall–Kier alpha value is -1.56. The van der Waals surface area contributed by atoms with Crippen molar-refractivity contribution in [1.29, 1.82) is 0 Å². The van der Waals surface area contributed by atoms with Gasteiger partial charge in [0.2, 0.25) is 11.8 Å². The minimum atomic E-state index is -0.704. The van der Waals surface area contributed by atoms with Crippen LogP contribution in [0.25, 0.3) is 0 Å². The summed E-state index contributed by atoms with van der Waals surface area (Å²) in [7, 11) is 0. The van der Waals surface area contributed by atoms with Crippen molar-refractivity contribution in [1.82, 2.24) is 4.90 Å². The molecule has 1 aromatic carbocycles. The Labute approximate surface area is 127 Å². The van der Waals surface area contributed by atoms with E-state index in [1.165, 1.54) is 0 Å². The quantitative estimate of drug-likeness (QED) is 0.796. The molecular formula is C14H20BrN3O2. The van der Waals surface area contributed by atoms with Gasteiger partial charge < -0.3 is 16.0 Å². The van der Waals surface area contributed by atoms with Crippen LogP contribution in [0.3, 0.4) is 0 Å². The van der Waals surface area contributed by atoms with Gasteiger partial charge in [0.05, 0.1) is 6.42 Å². The van der Waals surface area contributed by atoms with Gasteiger partial charge in [0, 0.05) is 23.2 Å². The number of nitrogens with one attached hydrogen (secondary N) is 1. The molecule has 0 radical (unpaired) electrons. The zero-order valence-electron chi connectivity index (χ0n) is 11.7. The summed E-state index contributed by atoms with van der Waals surface area (Å²) in [5.74, 6) is -0.614. The fraction of sp³-hybridized carbons (Fsp3) is 0.429. The summed E-state index contributed by atoms with van der Waals surface area (Å²) in [5, 5.41) is 3.00. The van der Waals surface area contributed by atoms with Gasteiger partial charge in [0.1, 0.15) is 6.04 Å². The van der Waals surface area contributed by atoms with Gasteiger partial charge >= 0.3 is 0 Å². The third-order valence-corrected chi connectivity index (χ3v) is 3.55. The second-order valence-corrected chi connectivity index (χ2v) is 5.29. The molecule has 6 heteroatoms. The Morgan fingerprint density at radius 3 is 2.25 bits per heavy atom. The Morgan fingerprint density at radius 2 is 1.80 bits per heavy atom. The van der Waals surface area contributed by atoms with E-state index in [0.717, 1.165) is 10.2 Å². The molecular weight excluding hydrogens is 322 g/mol. The molecule has 0 heterocycles. The Balaban J connectivity index is 2.72. The first kappa shape index (κ1) is 16.5. The topological polar surface area (TPSA) is 75.4 Å². The van der Waals surface area contributed by atoms with Crippen LogP contribution in [0.1, 0.15) is 20.3 Å². The van der Waals surface area contributed by atoms with Crippen molar-refractivity contribution in [3.05, 3.63) is 28.7 Å². The van der Waals surface area contributed by atoms with Gasteiger partial charge in [-0.25, -0.2) is 0 Å². The van der Waals surface area contributed by atoms with E-state index in [1.807, 2.05) is 38.1 Å². The summed E-state index contributed by atoms with van der Waals surface area (Å²) in [6.07, 6.45) is 0.0626. The lowest BCUT2D eigenvalue weighted by Crippen LogP contribution is -2.41. The molecule has 0 saturated carbocycles. The number of hydrogen-bond acceptors (Lipinski definition) is 3. The van der Waals surface area contributed by atoms with Crippen molar-refractivity contribution in [3.63, 3.8) is 0 Å². The van der Waals surface area contributed by atoms with Crippen LogP contribution in [-0.2, 0) is 9.59 Å². The Kier molecular flexibility index (Phi) is 6.51. The van der Waals surface area contributed by atoms with E-state index in [4.69, 9.17) is 5.73 Å². The molecule has 0 spiro atoms. The van der Waals surface area contributed by atoms with Crippen LogP contribution in [0, 0.1) is 0 Å². The molecule has 0 aliphatic carbocycles. The molecule has 0 bridgehead atoms. The van der Waals surface area contributed by atoms with Crippen molar-refractivity contribution < 1.29 is 9.59 Å². The number of halogens is 1. The SMILES string of the molecule is CCN(CC)C(=O)CC(Nc1ccc(Br)cc1)C(N)=O. The number of rotatable bonds is 7. The molecule has 110 valence electrons. The van der Waals surface area contributed by atoms with Crippen LogP contribution in [-0.4, -0.2) is 35.8 Å². The van der Waals surface area contributed by atoms with Gasteiger partial charge in [-0.3, -0.25) is 9.59 Å². The van der Waals surface area contributed by atoms with Gasteiger partial charge in [-0.15, -0.1) is 0 Å². The molecule has 2 amide bonds. The van der Waals surface area contributed by atoms with Crippen molar-refractivity contribution in [2.24, 2.45) is 5.73 Å². The van der Waals surface area contributed by atoms with Crippen molar-refractivity contribution in [3.8, 4) is 0 Å². The van der Waals surface area contributed by atoms with Crippen LogP contribution < -0.4 is 11.1 Å². The molecule has 1 rings (SSSR count). The molecule has 0 aliphatic heterocycles. The van der Waals surface area contributed by atoms with E-state index in [1.54, 1.807) is 4.90 Å². The summed E-state index contributed by atoms with van der Waals surface area (Å²) in [5.41, 5.74) is 6.12. The minimum Gasteiger partial charge on any atom is -0.373 e. The summed E-state index contributed by atoms with van der Waals surface area (Å²) < 4.78 is 0.942. The molecule has 3 N–H and O–H groups in total. The van der Waals surface area contributed by atoms with Crippen LogP contribution in [0.15, 0.2) is 28.7 Å². The van der Waals surface area contributed by atoms with Crippen LogP contribution in [0.4, 0.5) is 5.69 Å². The fourth-order valence-corrected chi connectivity index (χ4v) is 2.11. The lowest BCUT2D eigenvalue weighted by molar-refractivity contribution is -0.133. The third-order valence-electron chi connectivity index (χ3n) is 3.02. The third kappa shape index (κ3) is 4.85. The van der Waals surface area contributed by atoms with Crippen LogP contribution in [0.5, 0.6) is 0 Å². The molecule has 0 saturated heterocycles. The number of amides is 2. The summed E-state index contributed by atoms with van der Waals surface area (Å²) in [4.78, 5) is 25.2. The molecule has 0 fully saturated rings. The first-order chi connectivity index (χ1) is 9.47. The molecule has 5 nitrogen and oxygen atoms in total. The lowest BCUT2D eigenvalue weighted by Gasteiger charge is -2.22. The zero-order valence-corrected chi connectivity index (χ0v) is 13.3. The highest BCUT2D eigenvalue weighted by molar-refractivity contribution is 9.10. The van der Waals surface area contributed by atoms with E-state index in [0.29, 0.717) is 13.1 Å². The molecule has 1 unspecified atom stereocenters. The van der Waals surface area contributed by atoms with E-state index < -0.39 is 11.9 Å². The number of nitrogens with zero attached hydrogens (tertiary/aromatic N) is 1. The maximum Gasteiger partial charge on any atom is 0.240 e.